The number of hydrogen-bond acceptors (Lipinski definition) is 7. The van der Waals surface area contributed by atoms with Crippen molar-refractivity contribution in [2.24, 2.45) is 0 Å². The quantitative estimate of drug-likeness (QED) is 0.394. The Morgan fingerprint density at radius 2 is 2.00 bits per heavy atom. The average Bonchev–Trinajstić information content (AvgIpc) is 2.65. The summed E-state index contributed by atoms with van der Waals surface area (Å²) in [5.74, 6) is -0.231. The highest BCUT2D eigenvalue weighted by Gasteiger charge is 2.37. The molecule has 0 spiro atoms. The number of carbonyl (C=O) groups excluding carboxylic acids is 2. The molecule has 1 aromatic rings. The molecule has 1 aromatic carbocycles. The molecular weight excluding hydrogens is 370 g/mol. The molecule has 1 heterocycles. The van der Waals surface area contributed by atoms with Gasteiger partial charge in [-0.05, 0) is 26.3 Å². The van der Waals surface area contributed by atoms with Gasteiger partial charge in [0.25, 0.3) is 5.69 Å². The number of ether oxygens (including phenoxy) is 3. The molecule has 2 rings (SSSR count). The molecule has 1 unspecified atom stereocenters. The molecule has 2 amide bonds. The minimum absolute atomic E-state index is 0.0868. The lowest BCUT2D eigenvalue weighted by Gasteiger charge is -2.28. The van der Waals surface area contributed by atoms with Crippen LogP contribution in [0, 0.1) is 10.1 Å². The smallest absolute Gasteiger partial charge is 0.338 e. The Morgan fingerprint density at radius 3 is 2.57 bits per heavy atom. The van der Waals surface area contributed by atoms with Gasteiger partial charge in [0, 0.05) is 5.70 Å². The fourth-order valence-electron chi connectivity index (χ4n) is 2.85. The van der Waals surface area contributed by atoms with Crippen molar-refractivity contribution in [1.82, 2.24) is 10.6 Å². The van der Waals surface area contributed by atoms with E-state index >= 15 is 0 Å². The normalized spacial score (nSPS) is 16.1. The van der Waals surface area contributed by atoms with Crippen molar-refractivity contribution in [1.29, 1.82) is 0 Å². The number of urea groups is 1. The molecule has 1 aliphatic rings. The van der Waals surface area contributed by atoms with Crippen LogP contribution in [0.1, 0.15) is 38.8 Å². The third kappa shape index (κ3) is 4.33. The van der Waals surface area contributed by atoms with Crippen molar-refractivity contribution in [2.75, 3.05) is 20.3 Å². The molecule has 0 aromatic heterocycles. The van der Waals surface area contributed by atoms with Gasteiger partial charge in [0.05, 0.1) is 48.5 Å². The summed E-state index contributed by atoms with van der Waals surface area (Å²) in [6, 6.07) is 0.942. The SMILES string of the molecule is CCCOC(=O)C1=C(C)NC(=O)NC1c1cc(OCC)c(OC)cc1[N+](=O)[O-]. The number of carbonyl (C=O) groups is 2. The zero-order valence-corrected chi connectivity index (χ0v) is 16.2. The van der Waals surface area contributed by atoms with Crippen LogP contribution in [0.2, 0.25) is 0 Å². The third-order valence-electron chi connectivity index (χ3n) is 4.05. The van der Waals surface area contributed by atoms with Gasteiger partial charge in [0.1, 0.15) is 0 Å². The fraction of sp³-hybridized carbons (Fsp3) is 0.444. The number of benzene rings is 1. The molecule has 1 atom stereocenters. The standard InChI is InChI=1S/C18H23N3O7/c1-5-7-28-17(22)15-10(3)19-18(23)20-16(15)11-8-14(27-6-2)13(26-4)9-12(11)21(24)25/h8-9,16H,5-7H2,1-4H3,(H2,19,20,23). The highest BCUT2D eigenvalue weighted by molar-refractivity contribution is 5.95. The topological polar surface area (TPSA) is 129 Å². The van der Waals surface area contributed by atoms with Crippen LogP contribution in [0.4, 0.5) is 10.5 Å². The molecule has 0 saturated carbocycles. The van der Waals surface area contributed by atoms with E-state index in [4.69, 9.17) is 14.2 Å². The molecule has 1 aliphatic heterocycles. The van der Waals surface area contributed by atoms with Gasteiger partial charge in [0.2, 0.25) is 0 Å². The van der Waals surface area contributed by atoms with E-state index in [1.54, 1.807) is 6.92 Å². The van der Waals surface area contributed by atoms with E-state index in [1.165, 1.54) is 26.2 Å². The molecule has 2 N–H and O–H groups in total. The van der Waals surface area contributed by atoms with E-state index in [9.17, 15) is 19.7 Å². The van der Waals surface area contributed by atoms with E-state index in [0.29, 0.717) is 13.0 Å². The maximum absolute atomic E-state index is 12.6. The largest absolute Gasteiger partial charge is 0.493 e. The summed E-state index contributed by atoms with van der Waals surface area (Å²) in [6.07, 6.45) is 0.611. The number of methoxy groups -OCH3 is 1. The zero-order valence-electron chi connectivity index (χ0n) is 16.2. The number of nitro groups is 1. The first kappa shape index (κ1) is 21.0. The van der Waals surface area contributed by atoms with Gasteiger partial charge in [-0.1, -0.05) is 6.92 Å². The van der Waals surface area contributed by atoms with E-state index in [0.717, 1.165) is 0 Å². The first-order chi connectivity index (χ1) is 13.3. The minimum atomic E-state index is -1.08. The van der Waals surface area contributed by atoms with Gasteiger partial charge in [0.15, 0.2) is 11.5 Å². The van der Waals surface area contributed by atoms with Gasteiger partial charge in [-0.2, -0.15) is 0 Å². The Balaban J connectivity index is 2.65. The van der Waals surface area contributed by atoms with Crippen molar-refractivity contribution in [3.63, 3.8) is 0 Å². The van der Waals surface area contributed by atoms with Crippen molar-refractivity contribution < 1.29 is 28.7 Å². The Morgan fingerprint density at radius 1 is 1.29 bits per heavy atom. The van der Waals surface area contributed by atoms with E-state index in [1.807, 2.05) is 6.92 Å². The lowest BCUT2D eigenvalue weighted by molar-refractivity contribution is -0.385. The third-order valence-corrected chi connectivity index (χ3v) is 4.05. The minimum Gasteiger partial charge on any atom is -0.493 e. The second kappa shape index (κ2) is 9.07. The summed E-state index contributed by atoms with van der Waals surface area (Å²) >= 11 is 0. The molecule has 0 fully saturated rings. The Bertz CT molecular complexity index is 820. The van der Waals surface area contributed by atoms with Crippen LogP contribution in [-0.2, 0) is 9.53 Å². The van der Waals surface area contributed by atoms with E-state index in [2.05, 4.69) is 10.6 Å². The van der Waals surface area contributed by atoms with Gasteiger partial charge in [-0.3, -0.25) is 10.1 Å². The number of rotatable bonds is 8. The number of nitro benzene ring substituents is 1. The second-order valence-corrected chi connectivity index (χ2v) is 5.96. The summed E-state index contributed by atoms with van der Waals surface area (Å²) < 4.78 is 15.9. The summed E-state index contributed by atoms with van der Waals surface area (Å²) in [5, 5.41) is 16.7. The van der Waals surface area contributed by atoms with Crippen LogP contribution >= 0.6 is 0 Å². The first-order valence-electron chi connectivity index (χ1n) is 8.78. The molecule has 28 heavy (non-hydrogen) atoms. The zero-order chi connectivity index (χ0) is 20.8. The molecule has 10 nitrogen and oxygen atoms in total. The monoisotopic (exact) mass is 393 g/mol. The summed E-state index contributed by atoms with van der Waals surface area (Å²) in [6.45, 7) is 5.62. The van der Waals surface area contributed by atoms with Crippen molar-refractivity contribution >= 4 is 17.7 Å². The van der Waals surface area contributed by atoms with Gasteiger partial charge < -0.3 is 24.8 Å². The van der Waals surface area contributed by atoms with Crippen LogP contribution in [0.5, 0.6) is 11.5 Å². The highest BCUT2D eigenvalue weighted by atomic mass is 16.6. The van der Waals surface area contributed by atoms with E-state index in [-0.39, 0.29) is 40.6 Å². The van der Waals surface area contributed by atoms with E-state index < -0.39 is 23.0 Å². The van der Waals surface area contributed by atoms with Crippen LogP contribution < -0.4 is 20.1 Å². The highest BCUT2D eigenvalue weighted by Crippen LogP contribution is 2.40. The van der Waals surface area contributed by atoms with Crippen molar-refractivity contribution in [2.45, 2.75) is 33.2 Å². The number of nitrogens with zero attached hydrogens (tertiary/aromatic N) is 1. The number of esters is 1. The number of allylic oxidation sites excluding steroid dienone is 1. The van der Waals surface area contributed by atoms with Crippen LogP contribution in [0.3, 0.4) is 0 Å². The Hall–Kier alpha value is -3.30. The molecule has 0 bridgehead atoms. The van der Waals surface area contributed by atoms with Gasteiger partial charge in [-0.15, -0.1) is 0 Å². The number of hydrogen-bond donors (Lipinski definition) is 2. The first-order valence-corrected chi connectivity index (χ1v) is 8.78. The lowest BCUT2D eigenvalue weighted by atomic mass is 9.93. The maximum atomic E-state index is 12.6. The molecular formula is C18H23N3O7. The van der Waals surface area contributed by atoms with Crippen LogP contribution in [-0.4, -0.2) is 37.2 Å². The lowest BCUT2D eigenvalue weighted by Crippen LogP contribution is -2.45. The summed E-state index contributed by atoms with van der Waals surface area (Å²) in [7, 11) is 1.37. The molecule has 0 radical (unpaired) electrons. The van der Waals surface area contributed by atoms with Gasteiger partial charge >= 0.3 is 12.0 Å². The predicted molar refractivity (Wildman–Crippen MR) is 99.2 cm³/mol. The Labute approximate surface area is 162 Å². The van der Waals surface area contributed by atoms with Crippen LogP contribution in [0.25, 0.3) is 0 Å². The van der Waals surface area contributed by atoms with Crippen molar-refractivity contribution in [3.05, 3.63) is 39.1 Å². The molecule has 152 valence electrons. The maximum Gasteiger partial charge on any atom is 0.338 e. The predicted octanol–water partition coefficient (Wildman–Crippen LogP) is 2.58. The molecule has 10 heteroatoms. The summed E-state index contributed by atoms with van der Waals surface area (Å²) in [5.41, 5.74) is 0.120. The van der Waals surface area contributed by atoms with Gasteiger partial charge in [-0.25, -0.2) is 9.59 Å². The number of nitrogens with one attached hydrogen (secondary N) is 2. The fourth-order valence-corrected chi connectivity index (χ4v) is 2.85. The average molecular weight is 393 g/mol. The molecule has 0 saturated heterocycles. The Kier molecular flexibility index (Phi) is 6.80. The second-order valence-electron chi connectivity index (χ2n) is 5.96. The van der Waals surface area contributed by atoms with Crippen molar-refractivity contribution in [3.8, 4) is 11.5 Å². The number of amides is 2. The van der Waals surface area contributed by atoms with Crippen LogP contribution in [0.15, 0.2) is 23.4 Å². The molecule has 0 aliphatic carbocycles. The summed E-state index contributed by atoms with van der Waals surface area (Å²) in [4.78, 5) is 35.7.